The number of rotatable bonds is 13. The van der Waals surface area contributed by atoms with Crippen LogP contribution in [0.15, 0.2) is 0 Å². The van der Waals surface area contributed by atoms with Crippen molar-refractivity contribution >= 4 is 36.3 Å². The van der Waals surface area contributed by atoms with Crippen molar-refractivity contribution in [3.05, 3.63) is 0 Å². The van der Waals surface area contributed by atoms with Crippen molar-refractivity contribution in [2.75, 3.05) is 25.4 Å². The summed E-state index contributed by atoms with van der Waals surface area (Å²) in [6, 6.07) is -3.26. The quantitative estimate of drug-likeness (QED) is 0.117. The van der Waals surface area contributed by atoms with Gasteiger partial charge < -0.3 is 37.6 Å². The molecule has 0 aliphatic heterocycles. The summed E-state index contributed by atoms with van der Waals surface area (Å²) in [5.74, 6) is -3.43. The predicted octanol–water partition coefficient (Wildman–Crippen LogP) is -3.46. The Morgan fingerprint density at radius 1 is 1.04 bits per heavy atom. The van der Waals surface area contributed by atoms with Crippen LogP contribution in [-0.4, -0.2) is 77.5 Å². The molecule has 0 aromatic rings. The molecule has 3 amide bonds. The van der Waals surface area contributed by atoms with Crippen LogP contribution in [0.1, 0.15) is 19.3 Å². The largest absolute Gasteiger partial charge is 0.480 e. The second kappa shape index (κ2) is 13.3. The summed E-state index contributed by atoms with van der Waals surface area (Å²) in [6.07, 6.45) is 1.83. The van der Waals surface area contributed by atoms with Gasteiger partial charge in [-0.25, -0.2) is 4.79 Å². The lowest BCUT2D eigenvalue weighted by Crippen LogP contribution is -2.54. The van der Waals surface area contributed by atoms with E-state index in [9.17, 15) is 19.2 Å². The Balaban J connectivity index is 4.41. The molecule has 3 unspecified atom stereocenters. The molecule has 0 aromatic carbocycles. The first-order chi connectivity index (χ1) is 12.3. The Labute approximate surface area is 156 Å². The highest BCUT2D eigenvalue weighted by molar-refractivity contribution is 7.80. The van der Waals surface area contributed by atoms with Crippen LogP contribution < -0.4 is 27.4 Å². The minimum Gasteiger partial charge on any atom is -0.480 e. The number of carboxylic acid groups (broad SMARTS) is 1. The maximum Gasteiger partial charge on any atom is 0.328 e. The maximum absolute atomic E-state index is 12.0. The molecule has 0 aliphatic rings. The normalized spacial score (nSPS) is 14.0. The van der Waals surface area contributed by atoms with Gasteiger partial charge >= 0.3 is 5.97 Å². The van der Waals surface area contributed by atoms with Gasteiger partial charge in [0.25, 0.3) is 0 Å². The molecule has 0 saturated carbocycles. The zero-order valence-corrected chi connectivity index (χ0v) is 15.2. The first kappa shape index (κ1) is 24.1. The molecule has 0 fully saturated rings. The van der Waals surface area contributed by atoms with E-state index in [0.717, 1.165) is 6.42 Å². The number of hydrogen-bond donors (Lipinski definition) is 8. The van der Waals surface area contributed by atoms with E-state index in [1.165, 1.54) is 0 Å². The molecule has 11 nitrogen and oxygen atoms in total. The molecule has 0 spiro atoms. The Hall–Kier alpha value is -1.89. The van der Waals surface area contributed by atoms with Crippen LogP contribution in [0.25, 0.3) is 0 Å². The summed E-state index contributed by atoms with van der Waals surface area (Å²) >= 11 is 3.98. The Morgan fingerprint density at radius 2 is 1.69 bits per heavy atom. The maximum atomic E-state index is 12.0. The van der Waals surface area contributed by atoms with E-state index < -0.39 is 55.0 Å². The first-order valence-electron chi connectivity index (χ1n) is 8.04. The molecule has 0 bridgehead atoms. The van der Waals surface area contributed by atoms with Gasteiger partial charge in [-0.1, -0.05) is 6.42 Å². The van der Waals surface area contributed by atoms with Crippen LogP contribution in [0.3, 0.4) is 0 Å². The van der Waals surface area contributed by atoms with E-state index in [-0.39, 0.29) is 5.75 Å². The average Bonchev–Trinajstić information content (AvgIpc) is 2.61. The van der Waals surface area contributed by atoms with E-state index in [0.29, 0.717) is 19.4 Å². The van der Waals surface area contributed by atoms with E-state index in [1.807, 2.05) is 5.32 Å². The van der Waals surface area contributed by atoms with Crippen molar-refractivity contribution in [3.8, 4) is 0 Å². The number of nitrogens with two attached hydrogens (primary N) is 2. The van der Waals surface area contributed by atoms with Crippen molar-refractivity contribution < 1.29 is 29.4 Å². The lowest BCUT2D eigenvalue weighted by molar-refractivity contribution is -0.142. The summed E-state index contributed by atoms with van der Waals surface area (Å²) in [4.78, 5) is 46.2. The molecule has 12 heteroatoms. The average molecular weight is 393 g/mol. The summed E-state index contributed by atoms with van der Waals surface area (Å²) in [5.41, 5.74) is 11.1. The molecular weight excluding hydrogens is 366 g/mol. The number of unbranched alkanes of at least 4 members (excludes halogenated alkanes) is 1. The first-order valence-corrected chi connectivity index (χ1v) is 8.67. The summed E-state index contributed by atoms with van der Waals surface area (Å²) in [5, 5.41) is 24.2. The standard InChI is InChI=1S/C14H27N5O6S/c15-4-2-1-3-8(16)12(22)19-10(7-26)13(23)17-5-11(21)18-9(6-20)14(24)25/h8-10,20,26H,1-7,15-16H2,(H,17,23)(H,18,21)(H,19,22)(H,24,25). The smallest absolute Gasteiger partial charge is 0.328 e. The third kappa shape index (κ3) is 9.56. The molecule has 0 rings (SSSR count). The van der Waals surface area contributed by atoms with Crippen LogP contribution in [-0.2, 0) is 19.2 Å². The number of aliphatic carboxylic acids is 1. The molecular formula is C14H27N5O6S. The number of carbonyl (C=O) groups is 4. The summed E-state index contributed by atoms with van der Waals surface area (Å²) in [6.45, 7) is -0.811. The van der Waals surface area contributed by atoms with Gasteiger partial charge in [-0.05, 0) is 19.4 Å². The number of hydrogen-bond acceptors (Lipinski definition) is 8. The summed E-state index contributed by atoms with van der Waals surface area (Å²) < 4.78 is 0. The minimum absolute atomic E-state index is 0.0247. The molecule has 150 valence electrons. The van der Waals surface area contributed by atoms with Gasteiger partial charge in [-0.2, -0.15) is 12.6 Å². The van der Waals surface area contributed by atoms with Gasteiger partial charge in [0.15, 0.2) is 0 Å². The lowest BCUT2D eigenvalue weighted by atomic mass is 10.1. The monoisotopic (exact) mass is 393 g/mol. The number of carbonyl (C=O) groups excluding carboxylic acids is 3. The van der Waals surface area contributed by atoms with Crippen LogP contribution in [0.4, 0.5) is 0 Å². The number of carboxylic acids is 1. The highest BCUT2D eigenvalue weighted by Gasteiger charge is 2.24. The van der Waals surface area contributed by atoms with Gasteiger partial charge in [0.05, 0.1) is 19.2 Å². The second-order valence-corrected chi connectivity index (χ2v) is 5.86. The number of thiol groups is 1. The molecule has 0 saturated heterocycles. The number of aliphatic hydroxyl groups is 1. The van der Waals surface area contributed by atoms with Crippen LogP contribution >= 0.6 is 12.6 Å². The molecule has 9 N–H and O–H groups in total. The van der Waals surface area contributed by atoms with E-state index in [1.54, 1.807) is 0 Å². The Bertz CT molecular complexity index is 492. The van der Waals surface area contributed by atoms with Gasteiger partial charge in [0.2, 0.25) is 17.7 Å². The number of amides is 3. The number of nitrogens with one attached hydrogen (secondary N) is 3. The Kier molecular flexibility index (Phi) is 12.4. The third-order valence-corrected chi connectivity index (χ3v) is 3.73. The zero-order valence-electron chi connectivity index (χ0n) is 14.3. The Morgan fingerprint density at radius 3 is 2.19 bits per heavy atom. The lowest BCUT2D eigenvalue weighted by Gasteiger charge is -2.19. The van der Waals surface area contributed by atoms with Crippen molar-refractivity contribution in [2.45, 2.75) is 37.4 Å². The minimum atomic E-state index is -1.47. The number of aliphatic hydroxyl groups excluding tert-OH is 1. The van der Waals surface area contributed by atoms with Crippen molar-refractivity contribution in [1.82, 2.24) is 16.0 Å². The van der Waals surface area contributed by atoms with Crippen LogP contribution in [0, 0.1) is 0 Å². The van der Waals surface area contributed by atoms with Crippen molar-refractivity contribution in [2.24, 2.45) is 11.5 Å². The van der Waals surface area contributed by atoms with Crippen molar-refractivity contribution in [3.63, 3.8) is 0 Å². The predicted molar refractivity (Wildman–Crippen MR) is 96.3 cm³/mol. The summed E-state index contributed by atoms with van der Waals surface area (Å²) in [7, 11) is 0. The molecule has 0 radical (unpaired) electrons. The van der Waals surface area contributed by atoms with Gasteiger partial charge in [-0.3, -0.25) is 14.4 Å². The molecule has 0 heterocycles. The molecule has 3 atom stereocenters. The van der Waals surface area contributed by atoms with E-state index >= 15 is 0 Å². The van der Waals surface area contributed by atoms with Crippen LogP contribution in [0.2, 0.25) is 0 Å². The fraction of sp³-hybridized carbons (Fsp3) is 0.714. The highest BCUT2D eigenvalue weighted by atomic mass is 32.1. The van der Waals surface area contributed by atoms with Gasteiger partial charge in [0.1, 0.15) is 12.1 Å². The van der Waals surface area contributed by atoms with E-state index in [4.69, 9.17) is 21.7 Å². The fourth-order valence-corrected chi connectivity index (χ4v) is 2.09. The van der Waals surface area contributed by atoms with Gasteiger partial charge in [-0.15, -0.1) is 0 Å². The fourth-order valence-electron chi connectivity index (χ4n) is 1.83. The van der Waals surface area contributed by atoms with E-state index in [2.05, 4.69) is 23.3 Å². The molecule has 0 aliphatic carbocycles. The highest BCUT2D eigenvalue weighted by Crippen LogP contribution is 1.99. The molecule has 0 aromatic heterocycles. The SMILES string of the molecule is NCCCCC(N)C(=O)NC(CS)C(=O)NCC(=O)NC(CO)C(=O)O. The second-order valence-electron chi connectivity index (χ2n) is 5.49. The van der Waals surface area contributed by atoms with Gasteiger partial charge in [0, 0.05) is 5.75 Å². The van der Waals surface area contributed by atoms with Crippen molar-refractivity contribution in [1.29, 1.82) is 0 Å². The third-order valence-electron chi connectivity index (χ3n) is 3.36. The van der Waals surface area contributed by atoms with Crippen LogP contribution in [0.5, 0.6) is 0 Å². The topological polar surface area (TPSA) is 197 Å². The zero-order chi connectivity index (χ0) is 20.1. The molecule has 26 heavy (non-hydrogen) atoms.